The number of anilines is 2. The highest BCUT2D eigenvalue weighted by Crippen LogP contribution is 2.26. The van der Waals surface area contributed by atoms with Crippen molar-refractivity contribution in [1.29, 1.82) is 0 Å². The van der Waals surface area contributed by atoms with E-state index >= 15 is 0 Å². The first kappa shape index (κ1) is 15.2. The van der Waals surface area contributed by atoms with E-state index in [0.29, 0.717) is 0 Å². The van der Waals surface area contributed by atoms with Crippen molar-refractivity contribution >= 4 is 23.0 Å². The molecule has 1 aliphatic rings. The SMILES string of the molecule is Cc1csc(CN(C)c2cc(N3CCCC3CO)ncn2)n1. The molecule has 7 heteroatoms. The first-order valence-corrected chi connectivity index (χ1v) is 8.37. The van der Waals surface area contributed by atoms with Crippen LogP contribution in [0.15, 0.2) is 17.8 Å². The molecule has 1 aliphatic heterocycles. The first-order chi connectivity index (χ1) is 10.7. The Labute approximate surface area is 134 Å². The molecule has 0 radical (unpaired) electrons. The van der Waals surface area contributed by atoms with Crippen LogP contribution >= 0.6 is 11.3 Å². The highest BCUT2D eigenvalue weighted by Gasteiger charge is 2.25. The summed E-state index contributed by atoms with van der Waals surface area (Å²) in [5, 5.41) is 12.6. The zero-order chi connectivity index (χ0) is 15.5. The molecule has 1 N–H and O–H groups in total. The van der Waals surface area contributed by atoms with Crippen molar-refractivity contribution in [1.82, 2.24) is 15.0 Å². The number of aliphatic hydroxyl groups is 1. The van der Waals surface area contributed by atoms with Crippen LogP contribution in [-0.2, 0) is 6.54 Å². The van der Waals surface area contributed by atoms with Crippen molar-refractivity contribution in [3.05, 3.63) is 28.5 Å². The van der Waals surface area contributed by atoms with Crippen molar-refractivity contribution < 1.29 is 5.11 Å². The molecule has 2 aromatic rings. The van der Waals surface area contributed by atoms with Crippen molar-refractivity contribution in [2.75, 3.05) is 30.0 Å². The maximum absolute atomic E-state index is 9.47. The van der Waals surface area contributed by atoms with Gasteiger partial charge in [0.1, 0.15) is 23.0 Å². The maximum atomic E-state index is 9.47. The molecule has 2 aromatic heterocycles. The summed E-state index contributed by atoms with van der Waals surface area (Å²) in [5.74, 6) is 1.77. The molecule has 0 saturated carbocycles. The van der Waals surface area contributed by atoms with Gasteiger partial charge in [-0.15, -0.1) is 11.3 Å². The fourth-order valence-electron chi connectivity index (χ4n) is 2.79. The second-order valence-corrected chi connectivity index (χ2v) is 6.59. The Kier molecular flexibility index (Phi) is 4.54. The molecular weight excluding hydrogens is 298 g/mol. The van der Waals surface area contributed by atoms with Crippen LogP contribution in [0.4, 0.5) is 11.6 Å². The van der Waals surface area contributed by atoms with E-state index in [-0.39, 0.29) is 12.6 Å². The van der Waals surface area contributed by atoms with E-state index < -0.39 is 0 Å². The van der Waals surface area contributed by atoms with Crippen molar-refractivity contribution in [3.8, 4) is 0 Å². The fraction of sp³-hybridized carbons (Fsp3) is 0.533. The molecule has 1 saturated heterocycles. The molecule has 0 aliphatic carbocycles. The quantitative estimate of drug-likeness (QED) is 0.907. The molecule has 6 nitrogen and oxygen atoms in total. The Balaban J connectivity index is 1.75. The lowest BCUT2D eigenvalue weighted by Gasteiger charge is -2.25. The number of aryl methyl sites for hydroxylation is 1. The third-order valence-corrected chi connectivity index (χ3v) is 4.90. The van der Waals surface area contributed by atoms with E-state index in [1.807, 2.05) is 20.0 Å². The summed E-state index contributed by atoms with van der Waals surface area (Å²) in [6.45, 7) is 3.86. The number of rotatable bonds is 5. The average Bonchev–Trinajstić information content (AvgIpc) is 3.16. The third-order valence-electron chi connectivity index (χ3n) is 3.95. The summed E-state index contributed by atoms with van der Waals surface area (Å²) in [7, 11) is 2.01. The van der Waals surface area contributed by atoms with Gasteiger partial charge in [0.25, 0.3) is 0 Å². The monoisotopic (exact) mass is 319 g/mol. The molecule has 1 unspecified atom stereocenters. The third kappa shape index (κ3) is 3.20. The minimum atomic E-state index is 0.174. The number of nitrogens with zero attached hydrogens (tertiary/aromatic N) is 5. The molecule has 1 atom stereocenters. The van der Waals surface area contributed by atoms with E-state index in [1.54, 1.807) is 17.7 Å². The molecule has 3 heterocycles. The Morgan fingerprint density at radius 2 is 2.32 bits per heavy atom. The molecule has 22 heavy (non-hydrogen) atoms. The summed E-state index contributed by atoms with van der Waals surface area (Å²) in [5.41, 5.74) is 1.06. The van der Waals surface area contributed by atoms with Gasteiger partial charge in [0, 0.05) is 30.7 Å². The molecule has 1 fully saturated rings. The number of hydrogen-bond acceptors (Lipinski definition) is 7. The number of aromatic nitrogens is 3. The second-order valence-electron chi connectivity index (χ2n) is 5.65. The zero-order valence-electron chi connectivity index (χ0n) is 12.9. The van der Waals surface area contributed by atoms with Gasteiger partial charge in [-0.25, -0.2) is 15.0 Å². The van der Waals surface area contributed by atoms with Crippen LogP contribution in [0.25, 0.3) is 0 Å². The van der Waals surface area contributed by atoms with Gasteiger partial charge in [-0.1, -0.05) is 0 Å². The van der Waals surface area contributed by atoms with Gasteiger partial charge >= 0.3 is 0 Å². The normalized spacial score (nSPS) is 18.0. The number of thiazole rings is 1. The van der Waals surface area contributed by atoms with Gasteiger partial charge in [-0.2, -0.15) is 0 Å². The molecule has 3 rings (SSSR count). The lowest BCUT2D eigenvalue weighted by atomic mass is 10.2. The van der Waals surface area contributed by atoms with Gasteiger partial charge in [0.15, 0.2) is 0 Å². The van der Waals surface area contributed by atoms with Crippen molar-refractivity contribution in [3.63, 3.8) is 0 Å². The maximum Gasteiger partial charge on any atom is 0.134 e. The summed E-state index contributed by atoms with van der Waals surface area (Å²) in [6, 6.07) is 2.17. The molecule has 0 amide bonds. The fourth-order valence-corrected chi connectivity index (χ4v) is 3.61. The number of aliphatic hydroxyl groups excluding tert-OH is 1. The number of hydrogen-bond donors (Lipinski definition) is 1. The standard InChI is InChI=1S/C15H21N5OS/c1-11-9-22-15(18-11)7-19(2)13-6-14(17-10-16-13)20-5-3-4-12(20)8-21/h6,9-10,12,21H,3-5,7-8H2,1-2H3. The molecule has 118 valence electrons. The van der Waals surface area contributed by atoms with E-state index in [1.165, 1.54) is 0 Å². The van der Waals surface area contributed by atoms with Crippen LogP contribution in [-0.4, -0.2) is 46.3 Å². The zero-order valence-corrected chi connectivity index (χ0v) is 13.8. The summed E-state index contributed by atoms with van der Waals surface area (Å²) >= 11 is 1.67. The predicted molar refractivity (Wildman–Crippen MR) is 88.4 cm³/mol. The van der Waals surface area contributed by atoms with Gasteiger partial charge < -0.3 is 14.9 Å². The molecule has 0 bridgehead atoms. The van der Waals surface area contributed by atoms with Crippen LogP contribution in [0.1, 0.15) is 23.5 Å². The van der Waals surface area contributed by atoms with E-state index in [4.69, 9.17) is 0 Å². The van der Waals surface area contributed by atoms with Crippen LogP contribution in [0.5, 0.6) is 0 Å². The molecule has 0 aromatic carbocycles. The summed E-state index contributed by atoms with van der Waals surface area (Å²) in [4.78, 5) is 17.5. The Bertz CT molecular complexity index is 632. The Hall–Kier alpha value is -1.73. The lowest BCUT2D eigenvalue weighted by molar-refractivity contribution is 0.266. The van der Waals surface area contributed by atoms with E-state index in [2.05, 4.69) is 30.1 Å². The molecular formula is C15H21N5OS. The lowest BCUT2D eigenvalue weighted by Crippen LogP contribution is -2.33. The minimum Gasteiger partial charge on any atom is -0.394 e. The van der Waals surface area contributed by atoms with Crippen molar-refractivity contribution in [2.24, 2.45) is 0 Å². The highest BCUT2D eigenvalue weighted by molar-refractivity contribution is 7.09. The van der Waals surface area contributed by atoms with E-state index in [9.17, 15) is 5.11 Å². The van der Waals surface area contributed by atoms with Gasteiger partial charge in [0.05, 0.1) is 19.2 Å². The highest BCUT2D eigenvalue weighted by atomic mass is 32.1. The Morgan fingerprint density at radius 3 is 3.05 bits per heavy atom. The minimum absolute atomic E-state index is 0.174. The topological polar surface area (TPSA) is 65.4 Å². The molecule has 0 spiro atoms. The summed E-state index contributed by atoms with van der Waals surface area (Å²) in [6.07, 6.45) is 3.71. The smallest absolute Gasteiger partial charge is 0.134 e. The van der Waals surface area contributed by atoms with Crippen LogP contribution in [0.2, 0.25) is 0 Å². The van der Waals surface area contributed by atoms with E-state index in [0.717, 1.165) is 48.3 Å². The largest absolute Gasteiger partial charge is 0.394 e. The van der Waals surface area contributed by atoms with Gasteiger partial charge in [-0.05, 0) is 19.8 Å². The average molecular weight is 319 g/mol. The van der Waals surface area contributed by atoms with Crippen LogP contribution in [0.3, 0.4) is 0 Å². The van der Waals surface area contributed by atoms with Gasteiger partial charge in [-0.3, -0.25) is 0 Å². The van der Waals surface area contributed by atoms with Gasteiger partial charge in [0.2, 0.25) is 0 Å². The second kappa shape index (κ2) is 6.58. The Morgan fingerprint density at radius 1 is 1.45 bits per heavy atom. The van der Waals surface area contributed by atoms with Crippen LogP contribution in [0, 0.1) is 6.92 Å². The van der Waals surface area contributed by atoms with Crippen LogP contribution < -0.4 is 9.80 Å². The first-order valence-electron chi connectivity index (χ1n) is 7.49. The van der Waals surface area contributed by atoms with Crippen molar-refractivity contribution in [2.45, 2.75) is 32.4 Å². The predicted octanol–water partition coefficient (Wildman–Crippen LogP) is 1.84. The summed E-state index contributed by atoms with van der Waals surface area (Å²) < 4.78 is 0.